The predicted molar refractivity (Wildman–Crippen MR) is 74.2 cm³/mol. The van der Waals surface area contributed by atoms with E-state index in [1.807, 2.05) is 0 Å². The molecule has 5 nitrogen and oxygen atoms in total. The smallest absolute Gasteiger partial charge is 0.253 e. The van der Waals surface area contributed by atoms with Crippen molar-refractivity contribution in [1.29, 1.82) is 0 Å². The molecule has 0 spiro atoms. The first-order valence-corrected chi connectivity index (χ1v) is 6.85. The zero-order valence-corrected chi connectivity index (χ0v) is 11.4. The van der Waals surface area contributed by atoms with Crippen LogP contribution in [0.5, 0.6) is 0 Å². The number of nitrogens with zero attached hydrogens (tertiary/aromatic N) is 1. The SMILES string of the molecule is Nc1cnc(Cl)cc1C(=O)NCCOC1CCCC1. The number of hydrogen-bond donors (Lipinski definition) is 2. The molecule has 0 aromatic carbocycles. The van der Waals surface area contributed by atoms with Gasteiger partial charge in [-0.25, -0.2) is 4.98 Å². The molecule has 104 valence electrons. The first-order valence-electron chi connectivity index (χ1n) is 6.47. The Morgan fingerprint density at radius 1 is 1.53 bits per heavy atom. The summed E-state index contributed by atoms with van der Waals surface area (Å²) in [6, 6.07) is 1.46. The van der Waals surface area contributed by atoms with Crippen molar-refractivity contribution in [2.75, 3.05) is 18.9 Å². The first kappa shape index (κ1) is 14.1. The zero-order chi connectivity index (χ0) is 13.7. The lowest BCUT2D eigenvalue weighted by Crippen LogP contribution is -2.29. The Labute approximate surface area is 117 Å². The standard InChI is InChI=1S/C13H18ClN3O2/c14-12-7-10(11(15)8-17-12)13(18)16-5-6-19-9-3-1-2-4-9/h7-9H,1-6,15H2,(H,16,18). The highest BCUT2D eigenvalue weighted by atomic mass is 35.5. The average molecular weight is 284 g/mol. The van der Waals surface area contributed by atoms with E-state index in [1.54, 1.807) is 0 Å². The summed E-state index contributed by atoms with van der Waals surface area (Å²) in [6.07, 6.45) is 6.47. The van der Waals surface area contributed by atoms with Crippen molar-refractivity contribution in [1.82, 2.24) is 10.3 Å². The third kappa shape index (κ3) is 4.08. The molecule has 1 aromatic rings. The number of hydrogen-bond acceptors (Lipinski definition) is 4. The van der Waals surface area contributed by atoms with Crippen LogP contribution in [-0.2, 0) is 4.74 Å². The number of aromatic nitrogens is 1. The third-order valence-electron chi connectivity index (χ3n) is 3.19. The van der Waals surface area contributed by atoms with E-state index in [2.05, 4.69) is 10.3 Å². The Hall–Kier alpha value is -1.33. The second kappa shape index (κ2) is 6.73. The van der Waals surface area contributed by atoms with Crippen LogP contribution in [0.1, 0.15) is 36.0 Å². The van der Waals surface area contributed by atoms with Crippen molar-refractivity contribution in [2.45, 2.75) is 31.8 Å². The maximum atomic E-state index is 11.9. The lowest BCUT2D eigenvalue weighted by atomic mass is 10.2. The van der Waals surface area contributed by atoms with Gasteiger partial charge in [0.1, 0.15) is 5.15 Å². The van der Waals surface area contributed by atoms with Gasteiger partial charge in [-0.05, 0) is 18.9 Å². The zero-order valence-electron chi connectivity index (χ0n) is 10.7. The Kier molecular flexibility index (Phi) is 4.99. The van der Waals surface area contributed by atoms with Gasteiger partial charge < -0.3 is 15.8 Å². The van der Waals surface area contributed by atoms with Gasteiger partial charge >= 0.3 is 0 Å². The van der Waals surface area contributed by atoms with Crippen LogP contribution in [0.25, 0.3) is 0 Å². The van der Waals surface area contributed by atoms with Gasteiger partial charge in [0.15, 0.2) is 0 Å². The van der Waals surface area contributed by atoms with Crippen LogP contribution in [0, 0.1) is 0 Å². The van der Waals surface area contributed by atoms with Crippen molar-refractivity contribution >= 4 is 23.2 Å². The molecule has 1 aliphatic carbocycles. The minimum Gasteiger partial charge on any atom is -0.397 e. The molecule has 3 N–H and O–H groups in total. The maximum Gasteiger partial charge on any atom is 0.253 e. The number of nitrogens with one attached hydrogen (secondary N) is 1. The summed E-state index contributed by atoms with van der Waals surface area (Å²) in [5, 5.41) is 3.01. The lowest BCUT2D eigenvalue weighted by Gasteiger charge is -2.12. The van der Waals surface area contributed by atoms with E-state index in [-0.39, 0.29) is 11.1 Å². The molecule has 19 heavy (non-hydrogen) atoms. The molecule has 0 bridgehead atoms. The maximum absolute atomic E-state index is 11.9. The Balaban J connectivity index is 1.75. The van der Waals surface area contributed by atoms with Crippen molar-refractivity contribution in [3.63, 3.8) is 0 Å². The summed E-state index contributed by atoms with van der Waals surface area (Å²) in [4.78, 5) is 15.7. The Morgan fingerprint density at radius 2 is 2.26 bits per heavy atom. The summed E-state index contributed by atoms with van der Waals surface area (Å²) < 4.78 is 5.66. The quantitative estimate of drug-likeness (QED) is 0.640. The fourth-order valence-electron chi connectivity index (χ4n) is 2.18. The molecule has 1 saturated carbocycles. The van der Waals surface area contributed by atoms with E-state index in [1.165, 1.54) is 25.1 Å². The number of halogens is 1. The number of pyridine rings is 1. The molecule has 6 heteroatoms. The number of carbonyl (C=O) groups excluding carboxylic acids is 1. The molecule has 1 fully saturated rings. The Bertz CT molecular complexity index is 448. The largest absolute Gasteiger partial charge is 0.397 e. The van der Waals surface area contributed by atoms with Gasteiger partial charge in [-0.2, -0.15) is 0 Å². The molecule has 2 rings (SSSR count). The minimum atomic E-state index is -0.253. The van der Waals surface area contributed by atoms with Gasteiger partial charge in [-0.15, -0.1) is 0 Å². The number of rotatable bonds is 5. The van der Waals surface area contributed by atoms with Gasteiger partial charge in [0.05, 0.1) is 30.2 Å². The van der Waals surface area contributed by atoms with Gasteiger partial charge in [0, 0.05) is 6.54 Å². The number of carbonyl (C=O) groups is 1. The van der Waals surface area contributed by atoms with Crippen LogP contribution < -0.4 is 11.1 Å². The Morgan fingerprint density at radius 3 is 3.00 bits per heavy atom. The minimum absolute atomic E-state index is 0.251. The molecule has 0 aliphatic heterocycles. The molecular formula is C13H18ClN3O2. The summed E-state index contributed by atoms with van der Waals surface area (Å²) in [5.74, 6) is -0.253. The molecular weight excluding hydrogens is 266 g/mol. The van der Waals surface area contributed by atoms with Crippen LogP contribution in [0.15, 0.2) is 12.3 Å². The number of nitrogens with two attached hydrogens (primary N) is 1. The van der Waals surface area contributed by atoms with Crippen LogP contribution in [0.4, 0.5) is 5.69 Å². The van der Waals surface area contributed by atoms with Gasteiger partial charge in [0.2, 0.25) is 0 Å². The molecule has 0 saturated heterocycles. The highest BCUT2D eigenvalue weighted by Gasteiger charge is 2.15. The highest BCUT2D eigenvalue weighted by molar-refractivity contribution is 6.29. The van der Waals surface area contributed by atoms with Crippen LogP contribution >= 0.6 is 11.6 Å². The highest BCUT2D eigenvalue weighted by Crippen LogP contribution is 2.20. The molecule has 1 amide bonds. The molecule has 1 aliphatic rings. The number of amides is 1. The van der Waals surface area contributed by atoms with E-state index < -0.39 is 0 Å². The summed E-state index contributed by atoms with van der Waals surface area (Å²) in [6.45, 7) is 0.990. The van der Waals surface area contributed by atoms with Crippen molar-refractivity contribution < 1.29 is 9.53 Å². The number of anilines is 1. The van der Waals surface area contributed by atoms with Crippen LogP contribution in [0.2, 0.25) is 5.15 Å². The summed E-state index contributed by atoms with van der Waals surface area (Å²) in [7, 11) is 0. The van der Waals surface area contributed by atoms with E-state index in [0.29, 0.717) is 30.5 Å². The summed E-state index contributed by atoms with van der Waals surface area (Å²) in [5.41, 5.74) is 6.35. The molecule has 0 atom stereocenters. The molecule has 1 aromatic heterocycles. The van der Waals surface area contributed by atoms with Crippen molar-refractivity contribution in [3.8, 4) is 0 Å². The number of ether oxygens (including phenoxy) is 1. The second-order valence-corrected chi connectivity index (χ2v) is 5.01. The van der Waals surface area contributed by atoms with E-state index >= 15 is 0 Å². The topological polar surface area (TPSA) is 77.2 Å². The van der Waals surface area contributed by atoms with Gasteiger partial charge in [-0.1, -0.05) is 24.4 Å². The lowest BCUT2D eigenvalue weighted by molar-refractivity contribution is 0.0582. The molecule has 0 unspecified atom stereocenters. The van der Waals surface area contributed by atoms with Gasteiger partial charge in [-0.3, -0.25) is 4.79 Å². The fraction of sp³-hybridized carbons (Fsp3) is 0.538. The molecule has 0 radical (unpaired) electrons. The predicted octanol–water partition coefficient (Wildman–Crippen LogP) is 2.01. The monoisotopic (exact) mass is 283 g/mol. The van der Waals surface area contributed by atoms with Gasteiger partial charge in [0.25, 0.3) is 5.91 Å². The number of nitrogen functional groups attached to an aromatic ring is 1. The van der Waals surface area contributed by atoms with E-state index in [9.17, 15) is 4.79 Å². The fourth-order valence-corrected chi connectivity index (χ4v) is 2.34. The molecule has 1 heterocycles. The van der Waals surface area contributed by atoms with Crippen LogP contribution in [0.3, 0.4) is 0 Å². The first-order chi connectivity index (χ1) is 9.16. The summed E-state index contributed by atoms with van der Waals surface area (Å²) >= 11 is 5.74. The second-order valence-electron chi connectivity index (χ2n) is 4.63. The van der Waals surface area contributed by atoms with E-state index in [0.717, 1.165) is 12.8 Å². The van der Waals surface area contributed by atoms with Crippen LogP contribution in [-0.4, -0.2) is 30.1 Å². The normalized spacial score (nSPS) is 15.6. The van der Waals surface area contributed by atoms with E-state index in [4.69, 9.17) is 22.1 Å². The van der Waals surface area contributed by atoms with Crippen molar-refractivity contribution in [2.24, 2.45) is 0 Å². The average Bonchev–Trinajstić information content (AvgIpc) is 2.90. The van der Waals surface area contributed by atoms with Crippen molar-refractivity contribution in [3.05, 3.63) is 23.0 Å². The third-order valence-corrected chi connectivity index (χ3v) is 3.40.